The molecule has 1 atom stereocenters. The van der Waals surface area contributed by atoms with Crippen LogP contribution in [0.3, 0.4) is 0 Å². The maximum Gasteiger partial charge on any atom is 0.326 e. The lowest BCUT2D eigenvalue weighted by Crippen LogP contribution is -2.42. The summed E-state index contributed by atoms with van der Waals surface area (Å²) < 4.78 is 0. The molecule has 1 unspecified atom stereocenters. The fourth-order valence-corrected chi connectivity index (χ4v) is 2.58. The first-order chi connectivity index (χ1) is 10.5. The molecule has 2 N–H and O–H groups in total. The van der Waals surface area contributed by atoms with E-state index < -0.39 is 12.0 Å². The molecule has 6 nitrogen and oxygen atoms in total. The number of carbonyl (C=O) groups excluding carboxylic acids is 1. The molecule has 0 spiro atoms. The number of aliphatic carboxylic acids is 1. The Kier molecular flexibility index (Phi) is 3.83. The fourth-order valence-electron chi connectivity index (χ4n) is 2.58. The van der Waals surface area contributed by atoms with Crippen LogP contribution in [0.5, 0.6) is 0 Å². The Morgan fingerprint density at radius 3 is 2.50 bits per heavy atom. The summed E-state index contributed by atoms with van der Waals surface area (Å²) >= 11 is 0. The van der Waals surface area contributed by atoms with E-state index in [1.165, 1.54) is 0 Å². The van der Waals surface area contributed by atoms with Gasteiger partial charge in [0.25, 0.3) is 5.91 Å². The van der Waals surface area contributed by atoms with E-state index in [4.69, 9.17) is 5.11 Å². The molecule has 0 saturated heterocycles. The largest absolute Gasteiger partial charge is 0.480 e. The lowest BCUT2D eigenvalue weighted by atomic mass is 10.1. The summed E-state index contributed by atoms with van der Waals surface area (Å²) in [5, 5.41) is 18.1. The summed E-state index contributed by atoms with van der Waals surface area (Å²) in [6, 6.07) is 6.31. The molecular weight excluding hydrogens is 282 g/mol. The van der Waals surface area contributed by atoms with E-state index >= 15 is 0 Å². The van der Waals surface area contributed by atoms with Crippen LogP contribution in [0.25, 0.3) is 0 Å². The van der Waals surface area contributed by atoms with Crippen LogP contribution < -0.4 is 10.3 Å². The molecule has 0 bridgehead atoms. The third-order valence-electron chi connectivity index (χ3n) is 4.05. The molecule has 6 heteroatoms. The van der Waals surface area contributed by atoms with Crippen molar-refractivity contribution in [2.24, 2.45) is 11.0 Å². The number of nitrogens with zero attached hydrogens (tertiary/aromatic N) is 2. The summed E-state index contributed by atoms with van der Waals surface area (Å²) in [7, 11) is 0. The van der Waals surface area contributed by atoms with Gasteiger partial charge in [-0.3, -0.25) is 9.80 Å². The lowest BCUT2D eigenvalue weighted by molar-refractivity contribution is -0.139. The number of benzene rings is 1. The standard InChI is InChI=1S/C16H19N3O3/c1-10-8-9-19(18-10)13-6-4-12(5-7-13)15(20)17-14(16(21)22)11-2-3-11/h4-7,11,14H,2-3,8-9H2,1H3,(H,17,20)(H,21,22). The zero-order valence-corrected chi connectivity index (χ0v) is 12.5. The Balaban J connectivity index is 1.67. The maximum absolute atomic E-state index is 12.2. The van der Waals surface area contributed by atoms with Crippen LogP contribution in [0.1, 0.15) is 36.5 Å². The van der Waals surface area contributed by atoms with Crippen LogP contribution in [-0.2, 0) is 4.79 Å². The minimum Gasteiger partial charge on any atom is -0.480 e. The van der Waals surface area contributed by atoms with Gasteiger partial charge in [0.2, 0.25) is 0 Å². The quantitative estimate of drug-likeness (QED) is 0.870. The van der Waals surface area contributed by atoms with Crippen molar-refractivity contribution in [3.8, 4) is 0 Å². The SMILES string of the molecule is CC1=NN(c2ccc(C(=O)NC(C(=O)O)C3CC3)cc2)CC1. The van der Waals surface area contributed by atoms with E-state index in [0.29, 0.717) is 5.56 Å². The van der Waals surface area contributed by atoms with Crippen LogP contribution in [0.15, 0.2) is 29.4 Å². The number of carboxylic acid groups (broad SMARTS) is 1. The third kappa shape index (κ3) is 3.10. The molecule has 1 aromatic carbocycles. The Morgan fingerprint density at radius 2 is 2.00 bits per heavy atom. The van der Waals surface area contributed by atoms with E-state index in [0.717, 1.165) is 37.2 Å². The van der Waals surface area contributed by atoms with Gasteiger partial charge < -0.3 is 10.4 Å². The number of amides is 1. The highest BCUT2D eigenvalue weighted by Crippen LogP contribution is 2.33. The van der Waals surface area contributed by atoms with Crippen molar-refractivity contribution >= 4 is 23.3 Å². The van der Waals surface area contributed by atoms with Gasteiger partial charge in [-0.2, -0.15) is 5.10 Å². The van der Waals surface area contributed by atoms with Crippen LogP contribution in [0, 0.1) is 5.92 Å². The van der Waals surface area contributed by atoms with E-state index in [2.05, 4.69) is 10.4 Å². The van der Waals surface area contributed by atoms with Gasteiger partial charge in [0.15, 0.2) is 0 Å². The molecule has 1 fully saturated rings. The summed E-state index contributed by atoms with van der Waals surface area (Å²) in [6.07, 6.45) is 2.68. The maximum atomic E-state index is 12.2. The summed E-state index contributed by atoms with van der Waals surface area (Å²) in [4.78, 5) is 23.3. The second-order valence-electron chi connectivity index (χ2n) is 5.88. The Bertz CT molecular complexity index is 620. The van der Waals surface area contributed by atoms with Gasteiger partial charge in [0, 0.05) is 24.2 Å². The minimum absolute atomic E-state index is 0.0719. The van der Waals surface area contributed by atoms with Crippen LogP contribution in [0.2, 0.25) is 0 Å². The molecule has 1 aliphatic carbocycles. The van der Waals surface area contributed by atoms with E-state index in [-0.39, 0.29) is 11.8 Å². The molecule has 1 aliphatic heterocycles. The van der Waals surface area contributed by atoms with Crippen molar-refractivity contribution in [1.29, 1.82) is 0 Å². The second-order valence-corrected chi connectivity index (χ2v) is 5.88. The molecule has 116 valence electrons. The molecule has 0 radical (unpaired) electrons. The summed E-state index contributed by atoms with van der Waals surface area (Å²) in [5.74, 6) is -1.23. The van der Waals surface area contributed by atoms with Gasteiger partial charge in [-0.1, -0.05) is 0 Å². The number of hydrogen-bond acceptors (Lipinski definition) is 4. The molecule has 1 aromatic rings. The highest BCUT2D eigenvalue weighted by atomic mass is 16.4. The molecule has 0 aromatic heterocycles. The van der Waals surface area contributed by atoms with E-state index in [1.807, 2.05) is 24.1 Å². The number of nitrogens with one attached hydrogen (secondary N) is 1. The van der Waals surface area contributed by atoms with Crippen LogP contribution in [-0.4, -0.2) is 35.3 Å². The Labute approximate surface area is 128 Å². The van der Waals surface area contributed by atoms with Crippen molar-refractivity contribution in [2.75, 3.05) is 11.6 Å². The number of carbonyl (C=O) groups is 2. The zero-order chi connectivity index (χ0) is 15.7. The average molecular weight is 301 g/mol. The first-order valence-corrected chi connectivity index (χ1v) is 7.50. The molecule has 1 heterocycles. The zero-order valence-electron chi connectivity index (χ0n) is 12.5. The molecule has 1 amide bonds. The third-order valence-corrected chi connectivity index (χ3v) is 4.05. The fraction of sp³-hybridized carbons (Fsp3) is 0.438. The first kappa shape index (κ1) is 14.6. The molecule has 22 heavy (non-hydrogen) atoms. The average Bonchev–Trinajstić information content (AvgIpc) is 3.25. The lowest BCUT2D eigenvalue weighted by Gasteiger charge is -2.15. The van der Waals surface area contributed by atoms with Crippen molar-refractivity contribution in [2.45, 2.75) is 32.2 Å². The number of hydrogen-bond donors (Lipinski definition) is 2. The van der Waals surface area contributed by atoms with Gasteiger partial charge >= 0.3 is 5.97 Å². The molecular formula is C16H19N3O3. The smallest absolute Gasteiger partial charge is 0.326 e. The monoisotopic (exact) mass is 301 g/mol. The van der Waals surface area contributed by atoms with Gasteiger partial charge in [-0.05, 0) is 49.9 Å². The first-order valence-electron chi connectivity index (χ1n) is 7.50. The Hall–Kier alpha value is -2.37. The van der Waals surface area contributed by atoms with E-state index in [9.17, 15) is 9.59 Å². The number of hydrazone groups is 1. The normalized spacial score (nSPS) is 18.8. The van der Waals surface area contributed by atoms with Gasteiger partial charge in [0.05, 0.1) is 5.69 Å². The predicted octanol–water partition coefficient (Wildman–Crippen LogP) is 1.87. The van der Waals surface area contributed by atoms with Crippen LogP contribution in [0.4, 0.5) is 5.69 Å². The molecule has 1 saturated carbocycles. The highest BCUT2D eigenvalue weighted by molar-refractivity contribution is 5.97. The van der Waals surface area contributed by atoms with Crippen molar-refractivity contribution in [3.63, 3.8) is 0 Å². The number of anilines is 1. The summed E-state index contributed by atoms with van der Waals surface area (Å²) in [6.45, 7) is 2.84. The second kappa shape index (κ2) is 5.79. The van der Waals surface area contributed by atoms with Crippen LogP contribution >= 0.6 is 0 Å². The van der Waals surface area contributed by atoms with Gasteiger partial charge in [0.1, 0.15) is 6.04 Å². The van der Waals surface area contributed by atoms with Gasteiger partial charge in [-0.25, -0.2) is 4.79 Å². The molecule has 3 rings (SSSR count). The number of rotatable bonds is 5. The topological polar surface area (TPSA) is 82.0 Å². The number of carboxylic acids is 1. The van der Waals surface area contributed by atoms with Crippen molar-refractivity contribution in [1.82, 2.24) is 5.32 Å². The highest BCUT2D eigenvalue weighted by Gasteiger charge is 2.37. The van der Waals surface area contributed by atoms with Crippen molar-refractivity contribution in [3.05, 3.63) is 29.8 Å². The predicted molar refractivity (Wildman–Crippen MR) is 83.1 cm³/mol. The van der Waals surface area contributed by atoms with E-state index in [1.54, 1.807) is 12.1 Å². The van der Waals surface area contributed by atoms with Gasteiger partial charge in [-0.15, -0.1) is 0 Å². The summed E-state index contributed by atoms with van der Waals surface area (Å²) in [5.41, 5.74) is 2.50. The Morgan fingerprint density at radius 1 is 1.32 bits per heavy atom. The minimum atomic E-state index is -0.964. The molecule has 2 aliphatic rings. The van der Waals surface area contributed by atoms with Crippen molar-refractivity contribution < 1.29 is 14.7 Å².